The Hall–Kier alpha value is -4.11. The van der Waals surface area contributed by atoms with Gasteiger partial charge < -0.3 is 14.6 Å². The van der Waals surface area contributed by atoms with Crippen LogP contribution >= 0.6 is 0 Å². The van der Waals surface area contributed by atoms with Crippen molar-refractivity contribution in [1.29, 1.82) is 0 Å². The Labute approximate surface area is 211 Å². The minimum Gasteiger partial charge on any atom is -0.494 e. The highest BCUT2D eigenvalue weighted by molar-refractivity contribution is 7.92. The molecule has 4 aromatic rings. The van der Waals surface area contributed by atoms with Gasteiger partial charge in [-0.15, -0.1) is 0 Å². The summed E-state index contributed by atoms with van der Waals surface area (Å²) in [6.45, 7) is 4.12. The summed E-state index contributed by atoms with van der Waals surface area (Å²) in [5, 5.41) is 2.87. The number of nitrogens with zero attached hydrogens (tertiary/aromatic N) is 3. The molecule has 9 heteroatoms. The third kappa shape index (κ3) is 5.58. The Morgan fingerprint density at radius 3 is 2.36 bits per heavy atom. The van der Waals surface area contributed by atoms with E-state index in [9.17, 15) is 13.2 Å². The zero-order valence-corrected chi connectivity index (χ0v) is 21.0. The lowest BCUT2D eigenvalue weighted by molar-refractivity contribution is -0.119. The van der Waals surface area contributed by atoms with Gasteiger partial charge in [-0.05, 0) is 61.9 Å². The van der Waals surface area contributed by atoms with Gasteiger partial charge in [-0.2, -0.15) is 0 Å². The van der Waals surface area contributed by atoms with Crippen LogP contribution in [0.2, 0.25) is 0 Å². The Morgan fingerprint density at radius 1 is 1.00 bits per heavy atom. The van der Waals surface area contributed by atoms with E-state index in [1.54, 1.807) is 48.7 Å². The highest BCUT2D eigenvalue weighted by atomic mass is 32.2. The average Bonchev–Trinajstić information content (AvgIpc) is 3.33. The van der Waals surface area contributed by atoms with Gasteiger partial charge in [0, 0.05) is 18.9 Å². The fourth-order valence-electron chi connectivity index (χ4n) is 3.82. The third-order valence-electron chi connectivity index (χ3n) is 5.61. The second-order valence-electron chi connectivity index (χ2n) is 8.00. The van der Waals surface area contributed by atoms with Crippen LogP contribution in [0.3, 0.4) is 0 Å². The molecule has 3 aromatic carbocycles. The normalized spacial score (nSPS) is 11.2. The van der Waals surface area contributed by atoms with E-state index in [0.717, 1.165) is 21.4 Å². The number of imidazole rings is 1. The zero-order valence-electron chi connectivity index (χ0n) is 20.2. The molecule has 8 nitrogen and oxygen atoms in total. The van der Waals surface area contributed by atoms with Gasteiger partial charge in [0.1, 0.15) is 18.1 Å². The van der Waals surface area contributed by atoms with E-state index in [2.05, 4.69) is 10.3 Å². The van der Waals surface area contributed by atoms with Crippen LogP contribution in [-0.4, -0.2) is 37.0 Å². The summed E-state index contributed by atoms with van der Waals surface area (Å²) in [5.74, 6) is 1.01. The number of aromatic nitrogens is 2. The molecule has 4 rings (SSSR count). The Morgan fingerprint density at radius 2 is 1.69 bits per heavy atom. The van der Waals surface area contributed by atoms with Crippen LogP contribution in [0, 0.1) is 6.92 Å². The summed E-state index contributed by atoms with van der Waals surface area (Å²) < 4.78 is 35.5. The van der Waals surface area contributed by atoms with Crippen molar-refractivity contribution in [3.05, 3.63) is 103 Å². The summed E-state index contributed by atoms with van der Waals surface area (Å²) >= 11 is 0. The number of aryl methyl sites for hydroxylation is 1. The average molecular weight is 505 g/mol. The molecule has 0 saturated heterocycles. The Kier molecular flexibility index (Phi) is 7.70. The molecule has 1 heterocycles. The van der Waals surface area contributed by atoms with Crippen LogP contribution in [-0.2, 0) is 21.4 Å². The number of rotatable bonds is 10. The first-order valence-corrected chi connectivity index (χ1v) is 13.0. The quantitative estimate of drug-likeness (QED) is 0.351. The van der Waals surface area contributed by atoms with Gasteiger partial charge in [-0.3, -0.25) is 9.10 Å². The minimum atomic E-state index is -3.99. The first kappa shape index (κ1) is 25.0. The number of hydrogen-bond acceptors (Lipinski definition) is 5. The lowest BCUT2D eigenvalue weighted by atomic mass is 10.1. The molecule has 0 saturated carbocycles. The van der Waals surface area contributed by atoms with Crippen molar-refractivity contribution in [3.63, 3.8) is 0 Å². The van der Waals surface area contributed by atoms with Crippen LogP contribution in [0.15, 0.2) is 96.2 Å². The Balaban J connectivity index is 1.57. The van der Waals surface area contributed by atoms with Crippen LogP contribution in [0.1, 0.15) is 18.3 Å². The first-order valence-electron chi connectivity index (χ1n) is 11.6. The standard InChI is InChI=1S/C27H28N4O4S/c1-3-35-24-15-13-23(14-16-24)31(36(33,34)25-10-5-4-6-11-25)20-27(32)29-19-22-9-7-8-12-26(22)30-18-17-28-21(30)2/h4-18H,3,19-20H2,1-2H3,(H,29,32). The van der Waals surface area contributed by atoms with E-state index in [1.165, 1.54) is 12.1 Å². The number of amides is 1. The molecule has 0 fully saturated rings. The van der Waals surface area contributed by atoms with Gasteiger partial charge in [0.05, 0.1) is 22.9 Å². The highest BCUT2D eigenvalue weighted by Gasteiger charge is 2.27. The molecular formula is C27H28N4O4S. The monoisotopic (exact) mass is 504 g/mol. The van der Waals surface area contributed by atoms with Crippen molar-refractivity contribution in [2.24, 2.45) is 0 Å². The highest BCUT2D eigenvalue weighted by Crippen LogP contribution is 2.26. The van der Waals surface area contributed by atoms with Gasteiger partial charge in [0.15, 0.2) is 0 Å². The van der Waals surface area contributed by atoms with E-state index in [4.69, 9.17) is 4.74 Å². The van der Waals surface area contributed by atoms with Gasteiger partial charge in [-0.25, -0.2) is 13.4 Å². The number of ether oxygens (including phenoxy) is 1. The SMILES string of the molecule is CCOc1ccc(N(CC(=O)NCc2ccccc2-n2ccnc2C)S(=O)(=O)c2ccccc2)cc1. The molecule has 0 aliphatic rings. The predicted octanol–water partition coefficient (Wildman–Crippen LogP) is 4.09. The third-order valence-corrected chi connectivity index (χ3v) is 7.40. The maximum Gasteiger partial charge on any atom is 0.264 e. The number of carbonyl (C=O) groups is 1. The fraction of sp³-hybridized carbons (Fsp3) is 0.185. The van der Waals surface area contributed by atoms with Gasteiger partial charge in [0.25, 0.3) is 10.0 Å². The van der Waals surface area contributed by atoms with Crippen molar-refractivity contribution in [1.82, 2.24) is 14.9 Å². The molecule has 0 aliphatic heterocycles. The van der Waals surface area contributed by atoms with Gasteiger partial charge in [0.2, 0.25) is 5.91 Å². The zero-order chi connectivity index (χ0) is 25.5. The second kappa shape index (κ2) is 11.1. The van der Waals surface area contributed by atoms with Crippen molar-refractivity contribution >= 4 is 21.6 Å². The largest absolute Gasteiger partial charge is 0.494 e. The van der Waals surface area contributed by atoms with E-state index < -0.39 is 15.9 Å². The molecule has 1 amide bonds. The van der Waals surface area contributed by atoms with Crippen LogP contribution < -0.4 is 14.4 Å². The minimum absolute atomic E-state index is 0.104. The van der Waals surface area contributed by atoms with Crippen LogP contribution in [0.5, 0.6) is 5.75 Å². The van der Waals surface area contributed by atoms with Gasteiger partial charge >= 0.3 is 0 Å². The van der Waals surface area contributed by atoms with Crippen LogP contribution in [0.25, 0.3) is 5.69 Å². The number of anilines is 1. The topological polar surface area (TPSA) is 93.5 Å². The fourth-order valence-corrected chi connectivity index (χ4v) is 5.26. The van der Waals surface area contributed by atoms with E-state index in [0.29, 0.717) is 18.0 Å². The second-order valence-corrected chi connectivity index (χ2v) is 9.86. The molecule has 1 N–H and O–H groups in total. The smallest absolute Gasteiger partial charge is 0.264 e. The van der Waals surface area contributed by atoms with E-state index >= 15 is 0 Å². The van der Waals surface area contributed by atoms with E-state index in [1.807, 2.05) is 48.9 Å². The summed E-state index contributed by atoms with van der Waals surface area (Å²) in [4.78, 5) is 17.4. The number of benzene rings is 3. The first-order chi connectivity index (χ1) is 17.4. The van der Waals surface area contributed by atoms with E-state index in [-0.39, 0.29) is 18.0 Å². The predicted molar refractivity (Wildman–Crippen MR) is 139 cm³/mol. The lowest BCUT2D eigenvalue weighted by Crippen LogP contribution is -2.40. The summed E-state index contributed by atoms with van der Waals surface area (Å²) in [6, 6.07) is 22.4. The molecule has 0 spiro atoms. The maximum absolute atomic E-state index is 13.5. The molecule has 1 aromatic heterocycles. The molecule has 0 aliphatic carbocycles. The van der Waals surface area contributed by atoms with Crippen LogP contribution in [0.4, 0.5) is 5.69 Å². The molecule has 36 heavy (non-hydrogen) atoms. The molecule has 0 bridgehead atoms. The van der Waals surface area contributed by atoms with Crippen molar-refractivity contribution in [2.45, 2.75) is 25.3 Å². The number of carbonyl (C=O) groups excluding carboxylic acids is 1. The molecule has 0 atom stereocenters. The number of hydrogen-bond donors (Lipinski definition) is 1. The molecule has 0 radical (unpaired) electrons. The number of sulfonamides is 1. The molecular weight excluding hydrogens is 476 g/mol. The summed E-state index contributed by atoms with van der Waals surface area (Å²) in [7, 11) is -3.99. The number of nitrogens with one attached hydrogen (secondary N) is 1. The lowest BCUT2D eigenvalue weighted by Gasteiger charge is -2.24. The number of para-hydroxylation sites is 1. The van der Waals surface area contributed by atoms with Crippen molar-refractivity contribution in [2.75, 3.05) is 17.5 Å². The van der Waals surface area contributed by atoms with Gasteiger partial charge in [-0.1, -0.05) is 36.4 Å². The summed E-state index contributed by atoms with van der Waals surface area (Å²) in [5.41, 5.74) is 2.14. The maximum atomic E-state index is 13.5. The molecule has 186 valence electrons. The van der Waals surface area contributed by atoms with Crippen molar-refractivity contribution < 1.29 is 17.9 Å². The molecule has 0 unspecified atom stereocenters. The summed E-state index contributed by atoms with van der Waals surface area (Å²) in [6.07, 6.45) is 3.57. The van der Waals surface area contributed by atoms with Crippen molar-refractivity contribution in [3.8, 4) is 11.4 Å². The Bertz CT molecular complexity index is 1420.